The molecule has 19 heavy (non-hydrogen) atoms. The number of carboxylic acids is 2. The molecule has 0 saturated carbocycles. The summed E-state index contributed by atoms with van der Waals surface area (Å²) >= 11 is 0. The van der Waals surface area contributed by atoms with Crippen molar-refractivity contribution in [1.29, 1.82) is 0 Å². The van der Waals surface area contributed by atoms with E-state index in [9.17, 15) is 9.59 Å². The van der Waals surface area contributed by atoms with Crippen molar-refractivity contribution < 1.29 is 19.8 Å². The smallest absolute Gasteiger partial charge is 0.330 e. The molecule has 0 atom stereocenters. The summed E-state index contributed by atoms with van der Waals surface area (Å²) in [6.45, 7) is 13.4. The number of carboxylic acid groups (broad SMARTS) is 2. The third-order valence-corrected chi connectivity index (χ3v) is 2.49. The molecule has 0 saturated heterocycles. The van der Waals surface area contributed by atoms with Gasteiger partial charge in [-0.05, 0) is 33.4 Å². The van der Waals surface area contributed by atoms with Crippen LogP contribution in [0.25, 0.3) is 0 Å². The maximum atomic E-state index is 10.4. The van der Waals surface area contributed by atoms with Crippen molar-refractivity contribution in [3.8, 4) is 0 Å². The number of nitrogens with zero attached hydrogens (tertiary/aromatic N) is 1. The zero-order valence-corrected chi connectivity index (χ0v) is 12.3. The number of hydrogen-bond acceptors (Lipinski definition) is 3. The Labute approximate surface area is 115 Å². The molecular formula is C14H25NO4. The molecule has 0 aromatic heterocycles. The Morgan fingerprint density at radius 2 is 1.53 bits per heavy atom. The Bertz CT molecular complexity index is 318. The highest BCUT2D eigenvalue weighted by Gasteiger charge is 2.00. The van der Waals surface area contributed by atoms with Crippen LogP contribution in [0.15, 0.2) is 23.8 Å². The van der Waals surface area contributed by atoms with E-state index in [2.05, 4.69) is 25.3 Å². The second-order valence-electron chi connectivity index (χ2n) is 4.09. The topological polar surface area (TPSA) is 77.8 Å². The van der Waals surface area contributed by atoms with Crippen LogP contribution in [-0.2, 0) is 9.59 Å². The van der Waals surface area contributed by atoms with Gasteiger partial charge in [0.25, 0.3) is 0 Å². The summed E-state index contributed by atoms with van der Waals surface area (Å²) in [6.07, 6.45) is 2.60. The van der Waals surface area contributed by atoms with Crippen LogP contribution in [-0.4, -0.2) is 46.7 Å². The van der Waals surface area contributed by atoms with Gasteiger partial charge in [0, 0.05) is 17.7 Å². The van der Waals surface area contributed by atoms with E-state index >= 15 is 0 Å². The van der Waals surface area contributed by atoms with Crippen LogP contribution in [0.2, 0.25) is 0 Å². The summed E-state index contributed by atoms with van der Waals surface area (Å²) in [7, 11) is 0. The standard InChI is InChI=1S/C10H19NO2.C4H6O2/c1-4-11(5-2)8-6-7-9(3)10(12)13;1-3(2)4(5)6/h7H,4-6,8H2,1-3H3,(H,12,13);1H2,2H3,(H,5,6). The van der Waals surface area contributed by atoms with Crippen LogP contribution in [0, 0.1) is 0 Å². The van der Waals surface area contributed by atoms with Gasteiger partial charge in [0.05, 0.1) is 0 Å². The maximum Gasteiger partial charge on any atom is 0.330 e. The van der Waals surface area contributed by atoms with E-state index in [1.54, 1.807) is 13.0 Å². The minimum absolute atomic E-state index is 0.176. The fourth-order valence-electron chi connectivity index (χ4n) is 1.09. The van der Waals surface area contributed by atoms with Gasteiger partial charge in [0.1, 0.15) is 0 Å². The van der Waals surface area contributed by atoms with Gasteiger partial charge in [-0.3, -0.25) is 0 Å². The van der Waals surface area contributed by atoms with Gasteiger partial charge in [-0.2, -0.15) is 0 Å². The van der Waals surface area contributed by atoms with Gasteiger partial charge < -0.3 is 15.1 Å². The Kier molecular flexibility index (Phi) is 11.9. The number of aliphatic carboxylic acids is 2. The highest BCUT2D eigenvalue weighted by molar-refractivity contribution is 5.85. The molecule has 0 aliphatic rings. The second kappa shape index (κ2) is 11.5. The predicted octanol–water partition coefficient (Wildman–Crippen LogP) is 2.40. The van der Waals surface area contributed by atoms with E-state index in [0.717, 1.165) is 26.1 Å². The van der Waals surface area contributed by atoms with Gasteiger partial charge >= 0.3 is 11.9 Å². The molecule has 0 amide bonds. The van der Waals surface area contributed by atoms with Crippen molar-refractivity contribution in [3.05, 3.63) is 23.8 Å². The Morgan fingerprint density at radius 3 is 1.79 bits per heavy atom. The normalized spacial score (nSPS) is 10.7. The molecule has 0 radical (unpaired) electrons. The van der Waals surface area contributed by atoms with E-state index in [1.807, 2.05) is 0 Å². The first-order chi connectivity index (χ1) is 8.76. The lowest BCUT2D eigenvalue weighted by molar-refractivity contribution is -0.133. The van der Waals surface area contributed by atoms with Gasteiger partial charge in [-0.15, -0.1) is 0 Å². The SMILES string of the molecule is C=C(C)C(=O)O.CCN(CC)CCC=C(C)C(=O)O. The monoisotopic (exact) mass is 271 g/mol. The Morgan fingerprint density at radius 1 is 1.11 bits per heavy atom. The molecule has 0 unspecified atom stereocenters. The third-order valence-electron chi connectivity index (χ3n) is 2.49. The lowest BCUT2D eigenvalue weighted by Gasteiger charge is -2.16. The molecule has 0 spiro atoms. The second-order valence-corrected chi connectivity index (χ2v) is 4.09. The van der Waals surface area contributed by atoms with E-state index in [1.165, 1.54) is 6.92 Å². The Balaban J connectivity index is 0. The summed E-state index contributed by atoms with van der Waals surface area (Å²) in [5, 5.41) is 16.5. The van der Waals surface area contributed by atoms with E-state index in [-0.39, 0.29) is 5.57 Å². The molecule has 0 bridgehead atoms. The fraction of sp³-hybridized carbons (Fsp3) is 0.571. The molecule has 0 heterocycles. The first-order valence-corrected chi connectivity index (χ1v) is 6.27. The zero-order chi connectivity index (χ0) is 15.4. The first-order valence-electron chi connectivity index (χ1n) is 6.27. The van der Waals surface area contributed by atoms with Crippen molar-refractivity contribution in [2.24, 2.45) is 0 Å². The van der Waals surface area contributed by atoms with Gasteiger partial charge in [0.2, 0.25) is 0 Å². The lowest BCUT2D eigenvalue weighted by atomic mass is 10.2. The maximum absolute atomic E-state index is 10.4. The molecule has 0 aromatic carbocycles. The van der Waals surface area contributed by atoms with Crippen molar-refractivity contribution in [2.75, 3.05) is 19.6 Å². The van der Waals surface area contributed by atoms with E-state index in [4.69, 9.17) is 10.2 Å². The van der Waals surface area contributed by atoms with Crippen LogP contribution in [0.1, 0.15) is 34.1 Å². The van der Waals surface area contributed by atoms with Gasteiger partial charge in [0.15, 0.2) is 0 Å². The van der Waals surface area contributed by atoms with Crippen LogP contribution < -0.4 is 0 Å². The Hall–Kier alpha value is -1.62. The number of carbonyl (C=O) groups is 2. The number of hydrogen-bond donors (Lipinski definition) is 2. The van der Waals surface area contributed by atoms with Gasteiger partial charge in [-0.25, -0.2) is 9.59 Å². The molecule has 5 nitrogen and oxygen atoms in total. The minimum Gasteiger partial charge on any atom is -0.478 e. The molecule has 0 fully saturated rings. The van der Waals surface area contributed by atoms with Crippen LogP contribution in [0.5, 0.6) is 0 Å². The molecule has 0 aliphatic carbocycles. The van der Waals surface area contributed by atoms with Crippen molar-refractivity contribution in [1.82, 2.24) is 4.90 Å². The summed E-state index contributed by atoms with van der Waals surface area (Å²) < 4.78 is 0. The molecule has 2 N–H and O–H groups in total. The highest BCUT2D eigenvalue weighted by Crippen LogP contribution is 1.97. The number of rotatable bonds is 7. The fourth-order valence-corrected chi connectivity index (χ4v) is 1.09. The van der Waals surface area contributed by atoms with Crippen molar-refractivity contribution in [3.63, 3.8) is 0 Å². The van der Waals surface area contributed by atoms with Crippen LogP contribution in [0.4, 0.5) is 0 Å². The van der Waals surface area contributed by atoms with Crippen molar-refractivity contribution >= 4 is 11.9 Å². The largest absolute Gasteiger partial charge is 0.478 e. The predicted molar refractivity (Wildman–Crippen MR) is 76.2 cm³/mol. The minimum atomic E-state index is -0.935. The van der Waals surface area contributed by atoms with Crippen LogP contribution in [0.3, 0.4) is 0 Å². The summed E-state index contributed by atoms with van der Waals surface area (Å²) in [4.78, 5) is 22.3. The van der Waals surface area contributed by atoms with Crippen LogP contribution >= 0.6 is 0 Å². The lowest BCUT2D eigenvalue weighted by Crippen LogP contribution is -2.23. The average molecular weight is 271 g/mol. The summed E-state index contributed by atoms with van der Waals surface area (Å²) in [5.41, 5.74) is 0.613. The molecule has 0 aliphatic heterocycles. The molecule has 0 rings (SSSR count). The molecule has 0 aromatic rings. The van der Waals surface area contributed by atoms with E-state index in [0.29, 0.717) is 5.57 Å². The quantitative estimate of drug-likeness (QED) is 0.695. The summed E-state index contributed by atoms with van der Waals surface area (Å²) in [6, 6.07) is 0. The summed E-state index contributed by atoms with van der Waals surface area (Å²) in [5.74, 6) is -1.76. The average Bonchev–Trinajstić information content (AvgIpc) is 2.34. The van der Waals surface area contributed by atoms with E-state index < -0.39 is 11.9 Å². The molecule has 110 valence electrons. The van der Waals surface area contributed by atoms with Crippen molar-refractivity contribution in [2.45, 2.75) is 34.1 Å². The van der Waals surface area contributed by atoms with Gasteiger partial charge in [-0.1, -0.05) is 26.5 Å². The molecular weight excluding hydrogens is 246 g/mol. The first kappa shape index (κ1) is 19.7. The highest BCUT2D eigenvalue weighted by atomic mass is 16.4. The zero-order valence-electron chi connectivity index (χ0n) is 12.3. The molecule has 5 heteroatoms. The third kappa shape index (κ3) is 12.6.